The number of hydrogen-bond acceptors (Lipinski definition) is 5. The summed E-state index contributed by atoms with van der Waals surface area (Å²) in [5, 5.41) is 14.2. The molecule has 2 heterocycles. The highest BCUT2D eigenvalue weighted by atomic mass is 16.1. The average molecular weight is 314 g/mol. The minimum Gasteiger partial charge on any atom is -0.352 e. The molecule has 0 aliphatic carbocycles. The molecular formula is C16H22N6O. The van der Waals surface area contributed by atoms with Gasteiger partial charge in [0.25, 0.3) is 5.91 Å². The third kappa shape index (κ3) is 3.73. The second kappa shape index (κ2) is 7.32. The summed E-state index contributed by atoms with van der Waals surface area (Å²) in [6, 6.07) is 7.35. The smallest absolute Gasteiger partial charge is 0.253 e. The summed E-state index contributed by atoms with van der Waals surface area (Å²) in [6.45, 7) is 6.20. The Kier molecular flexibility index (Phi) is 4.97. The lowest BCUT2D eigenvalue weighted by Crippen LogP contribution is -2.40. The Morgan fingerprint density at radius 2 is 2.26 bits per heavy atom. The standard InChI is InChI=1S/C16H22N6O/c1-2-21-9-5-6-13(11-21)10-17-16(23)14-7-3-4-8-15(14)22-12-18-19-20-22/h3-4,7-8,12-13H,2,5-6,9-11H2,1H3,(H,17,23). The predicted octanol–water partition coefficient (Wildman–Crippen LogP) is 1.12. The average Bonchev–Trinajstić information content (AvgIpc) is 3.14. The normalized spacial score (nSPS) is 18.7. The molecule has 1 aliphatic rings. The van der Waals surface area contributed by atoms with Gasteiger partial charge in [-0.3, -0.25) is 4.79 Å². The predicted molar refractivity (Wildman–Crippen MR) is 86.3 cm³/mol. The topological polar surface area (TPSA) is 75.9 Å². The second-order valence-corrected chi connectivity index (χ2v) is 5.88. The molecule has 7 heteroatoms. The van der Waals surface area contributed by atoms with E-state index < -0.39 is 0 Å². The number of amides is 1. The first-order chi connectivity index (χ1) is 11.3. The molecule has 0 bridgehead atoms. The molecule has 1 aromatic carbocycles. The van der Waals surface area contributed by atoms with Gasteiger partial charge >= 0.3 is 0 Å². The fraction of sp³-hybridized carbons (Fsp3) is 0.500. The Hall–Kier alpha value is -2.28. The van der Waals surface area contributed by atoms with Crippen molar-refractivity contribution in [3.63, 3.8) is 0 Å². The van der Waals surface area contributed by atoms with Crippen LogP contribution in [0, 0.1) is 5.92 Å². The Bertz CT molecular complexity index is 642. The van der Waals surface area contributed by atoms with E-state index in [1.54, 1.807) is 6.07 Å². The number of para-hydroxylation sites is 1. The number of tetrazole rings is 1. The number of carbonyl (C=O) groups excluding carboxylic acids is 1. The number of piperidine rings is 1. The zero-order valence-electron chi connectivity index (χ0n) is 13.4. The largest absolute Gasteiger partial charge is 0.352 e. The van der Waals surface area contributed by atoms with Gasteiger partial charge in [0, 0.05) is 13.1 Å². The van der Waals surface area contributed by atoms with Crippen LogP contribution in [0.1, 0.15) is 30.1 Å². The molecule has 0 saturated carbocycles. The van der Waals surface area contributed by atoms with Crippen molar-refractivity contribution in [2.24, 2.45) is 5.92 Å². The number of rotatable bonds is 5. The summed E-state index contributed by atoms with van der Waals surface area (Å²) in [4.78, 5) is 15.0. The van der Waals surface area contributed by atoms with Crippen molar-refractivity contribution in [3.05, 3.63) is 36.2 Å². The zero-order valence-corrected chi connectivity index (χ0v) is 13.4. The SMILES string of the molecule is CCN1CCCC(CNC(=O)c2ccccc2-n2cnnn2)C1. The highest BCUT2D eigenvalue weighted by molar-refractivity contribution is 5.97. The molecule has 1 aromatic heterocycles. The van der Waals surface area contributed by atoms with Gasteiger partial charge < -0.3 is 10.2 Å². The van der Waals surface area contributed by atoms with Crippen molar-refractivity contribution in [3.8, 4) is 5.69 Å². The van der Waals surface area contributed by atoms with Gasteiger partial charge in [0.1, 0.15) is 6.33 Å². The van der Waals surface area contributed by atoms with Crippen LogP contribution >= 0.6 is 0 Å². The lowest BCUT2D eigenvalue weighted by atomic mass is 9.98. The number of aromatic nitrogens is 4. The van der Waals surface area contributed by atoms with Crippen LogP contribution in [-0.2, 0) is 0 Å². The van der Waals surface area contributed by atoms with Crippen molar-refractivity contribution < 1.29 is 4.79 Å². The lowest BCUT2D eigenvalue weighted by Gasteiger charge is -2.31. The summed E-state index contributed by atoms with van der Waals surface area (Å²) >= 11 is 0. The summed E-state index contributed by atoms with van der Waals surface area (Å²) < 4.78 is 1.51. The van der Waals surface area contributed by atoms with Crippen molar-refractivity contribution in [1.82, 2.24) is 30.4 Å². The van der Waals surface area contributed by atoms with Crippen molar-refractivity contribution in [1.29, 1.82) is 0 Å². The molecule has 122 valence electrons. The van der Waals surface area contributed by atoms with E-state index in [1.165, 1.54) is 30.4 Å². The Labute approximate surface area is 135 Å². The number of carbonyl (C=O) groups is 1. The number of nitrogens with zero attached hydrogens (tertiary/aromatic N) is 5. The van der Waals surface area contributed by atoms with Gasteiger partial charge in [-0.15, -0.1) is 5.10 Å². The quantitative estimate of drug-likeness (QED) is 0.895. The third-order valence-electron chi connectivity index (χ3n) is 4.35. The summed E-state index contributed by atoms with van der Waals surface area (Å²) in [5.74, 6) is 0.442. The fourth-order valence-corrected chi connectivity index (χ4v) is 3.07. The van der Waals surface area contributed by atoms with Gasteiger partial charge in [-0.25, -0.2) is 0 Å². The van der Waals surface area contributed by atoms with Crippen LogP contribution < -0.4 is 5.32 Å². The monoisotopic (exact) mass is 314 g/mol. The Balaban J connectivity index is 1.65. The van der Waals surface area contributed by atoms with Crippen LogP contribution in [0.5, 0.6) is 0 Å². The van der Waals surface area contributed by atoms with E-state index in [9.17, 15) is 4.79 Å². The minimum atomic E-state index is -0.0790. The van der Waals surface area contributed by atoms with E-state index in [2.05, 4.69) is 32.7 Å². The van der Waals surface area contributed by atoms with Gasteiger partial charge in [0.15, 0.2) is 0 Å². The first-order valence-electron chi connectivity index (χ1n) is 8.11. The molecule has 0 spiro atoms. The maximum Gasteiger partial charge on any atom is 0.253 e. The molecule has 1 saturated heterocycles. The maximum absolute atomic E-state index is 12.5. The Morgan fingerprint density at radius 1 is 1.39 bits per heavy atom. The number of nitrogens with one attached hydrogen (secondary N) is 1. The van der Waals surface area contributed by atoms with Crippen LogP contribution in [0.4, 0.5) is 0 Å². The van der Waals surface area contributed by atoms with E-state index in [1.807, 2.05) is 18.2 Å². The first-order valence-corrected chi connectivity index (χ1v) is 8.11. The van der Waals surface area contributed by atoms with Crippen molar-refractivity contribution in [2.75, 3.05) is 26.2 Å². The van der Waals surface area contributed by atoms with Gasteiger partial charge in [0.05, 0.1) is 11.3 Å². The van der Waals surface area contributed by atoms with Crippen LogP contribution in [0.15, 0.2) is 30.6 Å². The maximum atomic E-state index is 12.5. The Morgan fingerprint density at radius 3 is 3.04 bits per heavy atom. The summed E-state index contributed by atoms with van der Waals surface area (Å²) in [5.41, 5.74) is 1.27. The molecule has 1 fully saturated rings. The molecule has 3 rings (SSSR count). The van der Waals surface area contributed by atoms with Gasteiger partial charge in [-0.1, -0.05) is 19.1 Å². The highest BCUT2D eigenvalue weighted by Gasteiger charge is 2.20. The van der Waals surface area contributed by atoms with E-state index in [-0.39, 0.29) is 5.91 Å². The van der Waals surface area contributed by atoms with Crippen molar-refractivity contribution >= 4 is 5.91 Å². The molecule has 7 nitrogen and oxygen atoms in total. The van der Waals surface area contributed by atoms with E-state index in [0.29, 0.717) is 23.7 Å². The van der Waals surface area contributed by atoms with E-state index in [0.717, 1.165) is 13.1 Å². The number of hydrogen-bond donors (Lipinski definition) is 1. The van der Waals surface area contributed by atoms with Crippen molar-refractivity contribution in [2.45, 2.75) is 19.8 Å². The van der Waals surface area contributed by atoms with E-state index >= 15 is 0 Å². The zero-order chi connectivity index (χ0) is 16.1. The summed E-state index contributed by atoms with van der Waals surface area (Å²) in [6.07, 6.45) is 3.87. The van der Waals surface area contributed by atoms with Crippen LogP contribution in [0.25, 0.3) is 5.69 Å². The molecule has 23 heavy (non-hydrogen) atoms. The molecule has 0 radical (unpaired) electrons. The highest BCUT2D eigenvalue weighted by Crippen LogP contribution is 2.16. The lowest BCUT2D eigenvalue weighted by molar-refractivity contribution is 0.0933. The number of benzene rings is 1. The molecule has 1 amide bonds. The van der Waals surface area contributed by atoms with Gasteiger partial charge in [-0.2, -0.15) is 4.68 Å². The van der Waals surface area contributed by atoms with E-state index in [4.69, 9.17) is 0 Å². The summed E-state index contributed by atoms with van der Waals surface area (Å²) in [7, 11) is 0. The molecular weight excluding hydrogens is 292 g/mol. The minimum absolute atomic E-state index is 0.0790. The van der Waals surface area contributed by atoms with Crippen LogP contribution in [0.2, 0.25) is 0 Å². The molecule has 1 aliphatic heterocycles. The molecule has 2 aromatic rings. The fourth-order valence-electron chi connectivity index (χ4n) is 3.07. The van der Waals surface area contributed by atoms with Gasteiger partial charge in [-0.05, 0) is 54.4 Å². The first kappa shape index (κ1) is 15.6. The van der Waals surface area contributed by atoms with Crippen LogP contribution in [0.3, 0.4) is 0 Å². The third-order valence-corrected chi connectivity index (χ3v) is 4.35. The molecule has 1 N–H and O–H groups in total. The molecule has 1 atom stereocenters. The second-order valence-electron chi connectivity index (χ2n) is 5.88. The van der Waals surface area contributed by atoms with Crippen LogP contribution in [-0.4, -0.2) is 57.2 Å². The molecule has 1 unspecified atom stereocenters. The van der Waals surface area contributed by atoms with Gasteiger partial charge in [0.2, 0.25) is 0 Å². The number of likely N-dealkylation sites (tertiary alicyclic amines) is 1.